The number of hydrogen-bond donors (Lipinski definition) is 1. The summed E-state index contributed by atoms with van der Waals surface area (Å²) in [6.07, 6.45) is 5.16. The van der Waals surface area contributed by atoms with Gasteiger partial charge in [0.25, 0.3) is 0 Å². The smallest absolute Gasteiger partial charge is 0.240 e. The average molecular weight is 262 g/mol. The monoisotopic (exact) mass is 262 g/mol. The van der Waals surface area contributed by atoms with Crippen molar-refractivity contribution in [1.29, 1.82) is 0 Å². The molecule has 3 aromatic heterocycles. The van der Waals surface area contributed by atoms with E-state index in [4.69, 9.17) is 5.73 Å². The number of hydrogen-bond acceptors (Lipinski definition) is 5. The average Bonchev–Trinajstić information content (AvgIpc) is 2.86. The molecule has 6 nitrogen and oxygen atoms in total. The minimum absolute atomic E-state index is 0.238. The molecule has 0 saturated heterocycles. The Labute approximate surface area is 113 Å². The summed E-state index contributed by atoms with van der Waals surface area (Å²) in [5.74, 6) is 0.238. The molecule has 0 saturated carbocycles. The van der Waals surface area contributed by atoms with Gasteiger partial charge in [-0.3, -0.25) is 9.97 Å². The van der Waals surface area contributed by atoms with Crippen molar-refractivity contribution in [3.05, 3.63) is 48.9 Å². The van der Waals surface area contributed by atoms with Crippen LogP contribution in [0.3, 0.4) is 0 Å². The van der Waals surface area contributed by atoms with Crippen molar-refractivity contribution in [2.24, 2.45) is 0 Å². The molecule has 96 valence electrons. The van der Waals surface area contributed by atoms with Crippen molar-refractivity contribution in [3.8, 4) is 11.3 Å². The zero-order chi connectivity index (χ0) is 13.5. The fraction of sp³-hybridized carbons (Fsp3) is 0. The first-order valence-corrected chi connectivity index (χ1v) is 6.13. The second kappa shape index (κ2) is 3.99. The third kappa shape index (κ3) is 1.58. The highest BCUT2D eigenvalue weighted by atomic mass is 15.3. The molecule has 3 heterocycles. The van der Waals surface area contributed by atoms with E-state index in [-0.39, 0.29) is 5.95 Å². The van der Waals surface area contributed by atoms with Crippen LogP contribution in [0, 0.1) is 0 Å². The van der Waals surface area contributed by atoms with E-state index >= 15 is 0 Å². The summed E-state index contributed by atoms with van der Waals surface area (Å²) in [4.78, 5) is 12.6. The number of rotatable bonds is 1. The number of pyridine rings is 1. The van der Waals surface area contributed by atoms with Gasteiger partial charge in [-0.15, -0.1) is 5.10 Å². The zero-order valence-electron chi connectivity index (χ0n) is 10.4. The van der Waals surface area contributed by atoms with Gasteiger partial charge in [0.1, 0.15) is 0 Å². The second-order valence-corrected chi connectivity index (χ2v) is 4.44. The van der Waals surface area contributed by atoms with Gasteiger partial charge in [0, 0.05) is 17.1 Å². The van der Waals surface area contributed by atoms with Crippen LogP contribution in [0.1, 0.15) is 0 Å². The molecule has 6 heteroatoms. The van der Waals surface area contributed by atoms with Gasteiger partial charge in [-0.1, -0.05) is 12.1 Å². The van der Waals surface area contributed by atoms with Crippen molar-refractivity contribution in [2.45, 2.75) is 0 Å². The van der Waals surface area contributed by atoms with E-state index < -0.39 is 0 Å². The molecule has 0 aliphatic rings. The number of benzene rings is 1. The molecule has 20 heavy (non-hydrogen) atoms. The molecule has 0 radical (unpaired) electrons. The minimum Gasteiger partial charge on any atom is -0.366 e. The van der Waals surface area contributed by atoms with E-state index in [0.29, 0.717) is 5.65 Å². The standard InChI is InChI=1S/C14H10N6/c15-14-18-13-8-16-7-12(20(13)19-14)10-3-4-11-9(6-10)2-1-5-17-11/h1-8H,(H2,15,19). The van der Waals surface area contributed by atoms with E-state index in [1.165, 1.54) is 0 Å². The van der Waals surface area contributed by atoms with Crippen LogP contribution in [0.15, 0.2) is 48.9 Å². The number of anilines is 1. The Morgan fingerprint density at radius 3 is 3.00 bits per heavy atom. The van der Waals surface area contributed by atoms with Crippen LogP contribution in [-0.2, 0) is 0 Å². The topological polar surface area (TPSA) is 82.0 Å². The quantitative estimate of drug-likeness (QED) is 0.566. The first kappa shape index (κ1) is 10.9. The minimum atomic E-state index is 0.238. The molecule has 0 aliphatic carbocycles. The van der Waals surface area contributed by atoms with E-state index in [9.17, 15) is 0 Å². The van der Waals surface area contributed by atoms with E-state index in [1.807, 2.05) is 24.3 Å². The lowest BCUT2D eigenvalue weighted by Crippen LogP contribution is -1.96. The predicted molar refractivity (Wildman–Crippen MR) is 75.9 cm³/mol. The van der Waals surface area contributed by atoms with E-state index in [2.05, 4.69) is 26.1 Å². The molecule has 0 atom stereocenters. The highest BCUT2D eigenvalue weighted by molar-refractivity contribution is 5.83. The van der Waals surface area contributed by atoms with E-state index in [0.717, 1.165) is 22.2 Å². The molecular formula is C14H10N6. The normalized spacial score (nSPS) is 11.2. The molecular weight excluding hydrogens is 252 g/mol. The third-order valence-corrected chi connectivity index (χ3v) is 3.16. The zero-order valence-corrected chi connectivity index (χ0v) is 10.4. The molecule has 0 bridgehead atoms. The molecule has 4 aromatic rings. The molecule has 0 spiro atoms. The fourth-order valence-corrected chi connectivity index (χ4v) is 2.26. The summed E-state index contributed by atoms with van der Waals surface area (Å²) in [6, 6.07) is 9.96. The van der Waals surface area contributed by atoms with Crippen LogP contribution in [0.4, 0.5) is 5.95 Å². The van der Waals surface area contributed by atoms with Gasteiger partial charge in [-0.2, -0.15) is 4.98 Å². The van der Waals surface area contributed by atoms with Crippen molar-refractivity contribution < 1.29 is 0 Å². The van der Waals surface area contributed by atoms with E-state index in [1.54, 1.807) is 23.1 Å². The SMILES string of the molecule is Nc1nc2cncc(-c3ccc4ncccc4c3)n2n1. The number of aromatic nitrogens is 5. The number of nitrogens with two attached hydrogens (primary N) is 1. The summed E-state index contributed by atoms with van der Waals surface area (Å²) in [5, 5.41) is 5.26. The Balaban J connectivity index is 2.00. The maximum absolute atomic E-state index is 5.65. The van der Waals surface area contributed by atoms with Crippen LogP contribution >= 0.6 is 0 Å². The summed E-state index contributed by atoms with van der Waals surface area (Å²) in [7, 11) is 0. The molecule has 4 rings (SSSR count). The predicted octanol–water partition coefficient (Wildman–Crippen LogP) is 1.92. The van der Waals surface area contributed by atoms with Crippen LogP contribution < -0.4 is 5.73 Å². The molecule has 1 aromatic carbocycles. The van der Waals surface area contributed by atoms with Gasteiger partial charge in [0.2, 0.25) is 5.95 Å². The highest BCUT2D eigenvalue weighted by Gasteiger charge is 2.08. The molecule has 0 amide bonds. The molecule has 2 N–H and O–H groups in total. The van der Waals surface area contributed by atoms with Crippen molar-refractivity contribution in [3.63, 3.8) is 0 Å². The lowest BCUT2D eigenvalue weighted by molar-refractivity contribution is 0.961. The van der Waals surface area contributed by atoms with Crippen LogP contribution in [0.5, 0.6) is 0 Å². The number of nitrogens with zero attached hydrogens (tertiary/aromatic N) is 5. The Morgan fingerprint density at radius 1 is 1.10 bits per heavy atom. The molecule has 0 unspecified atom stereocenters. The van der Waals surface area contributed by atoms with Gasteiger partial charge in [-0.25, -0.2) is 4.52 Å². The lowest BCUT2D eigenvalue weighted by atomic mass is 10.1. The van der Waals surface area contributed by atoms with Crippen molar-refractivity contribution >= 4 is 22.5 Å². The summed E-state index contributed by atoms with van der Waals surface area (Å²) in [5.41, 5.74) is 9.07. The van der Waals surface area contributed by atoms with Gasteiger partial charge in [-0.05, 0) is 18.2 Å². The van der Waals surface area contributed by atoms with Crippen molar-refractivity contribution in [2.75, 3.05) is 5.73 Å². The maximum atomic E-state index is 5.65. The highest BCUT2D eigenvalue weighted by Crippen LogP contribution is 2.23. The fourth-order valence-electron chi connectivity index (χ4n) is 2.26. The van der Waals surface area contributed by atoms with Crippen molar-refractivity contribution in [1.82, 2.24) is 24.6 Å². The Morgan fingerprint density at radius 2 is 2.05 bits per heavy atom. The van der Waals surface area contributed by atoms with Gasteiger partial charge in [0.05, 0.1) is 23.6 Å². The van der Waals surface area contributed by atoms with Crippen LogP contribution in [0.25, 0.3) is 27.8 Å². The Kier molecular flexibility index (Phi) is 2.17. The van der Waals surface area contributed by atoms with Crippen LogP contribution in [-0.4, -0.2) is 24.6 Å². The van der Waals surface area contributed by atoms with Gasteiger partial charge in [0.15, 0.2) is 5.65 Å². The molecule has 0 fully saturated rings. The third-order valence-electron chi connectivity index (χ3n) is 3.16. The number of fused-ring (bicyclic) bond motifs is 2. The van der Waals surface area contributed by atoms with Gasteiger partial charge >= 0.3 is 0 Å². The lowest BCUT2D eigenvalue weighted by Gasteiger charge is -2.04. The second-order valence-electron chi connectivity index (χ2n) is 4.44. The first-order chi connectivity index (χ1) is 9.81. The Hall–Kier alpha value is -3.02. The van der Waals surface area contributed by atoms with Crippen LogP contribution in [0.2, 0.25) is 0 Å². The summed E-state index contributed by atoms with van der Waals surface area (Å²) in [6.45, 7) is 0. The number of nitrogen functional groups attached to an aromatic ring is 1. The van der Waals surface area contributed by atoms with Gasteiger partial charge < -0.3 is 5.73 Å². The molecule has 0 aliphatic heterocycles. The maximum Gasteiger partial charge on any atom is 0.240 e. The Bertz CT molecular complexity index is 927. The summed E-state index contributed by atoms with van der Waals surface area (Å²) >= 11 is 0. The largest absolute Gasteiger partial charge is 0.366 e. The summed E-state index contributed by atoms with van der Waals surface area (Å²) < 4.78 is 1.69. The first-order valence-electron chi connectivity index (χ1n) is 6.13.